The Morgan fingerprint density at radius 2 is 2.06 bits per heavy atom. The van der Waals surface area contributed by atoms with Gasteiger partial charge in [-0.1, -0.05) is 0 Å². The van der Waals surface area contributed by atoms with Crippen LogP contribution in [0.15, 0.2) is 23.1 Å². The summed E-state index contributed by atoms with van der Waals surface area (Å²) in [5, 5.41) is 12.6. The van der Waals surface area contributed by atoms with E-state index in [2.05, 4.69) is 25.3 Å². The summed E-state index contributed by atoms with van der Waals surface area (Å²) < 4.78 is 1.50. The summed E-state index contributed by atoms with van der Waals surface area (Å²) in [6.07, 6.45) is 1.47. The molecule has 0 radical (unpaired) electrons. The average molecular weight is 242 g/mol. The largest absolute Gasteiger partial charge is 0.310 e. The first-order valence-corrected chi connectivity index (χ1v) is 5.40. The van der Waals surface area contributed by atoms with Gasteiger partial charge in [0.2, 0.25) is 0 Å². The zero-order chi connectivity index (χ0) is 12.7. The van der Waals surface area contributed by atoms with Gasteiger partial charge < -0.3 is 4.98 Å². The lowest BCUT2D eigenvalue weighted by Crippen LogP contribution is -2.10. The van der Waals surface area contributed by atoms with E-state index >= 15 is 0 Å². The number of hydrogen-bond donors (Lipinski definition) is 1. The van der Waals surface area contributed by atoms with Crippen molar-refractivity contribution < 1.29 is 0 Å². The second kappa shape index (κ2) is 3.73. The fraction of sp³-hybridized carbons (Fsp3) is 0.182. The Morgan fingerprint density at radius 1 is 1.22 bits per heavy atom. The van der Waals surface area contributed by atoms with E-state index in [0.717, 1.165) is 5.69 Å². The Morgan fingerprint density at radius 3 is 2.78 bits per heavy atom. The average Bonchev–Trinajstić information content (AvgIpc) is 2.74. The zero-order valence-electron chi connectivity index (χ0n) is 9.88. The molecule has 3 aromatic rings. The van der Waals surface area contributed by atoms with Crippen LogP contribution in [-0.4, -0.2) is 29.9 Å². The number of aromatic nitrogens is 6. The van der Waals surface area contributed by atoms with Gasteiger partial charge in [0.15, 0.2) is 11.5 Å². The number of aromatic amines is 1. The maximum Gasteiger partial charge on any atom is 0.262 e. The molecule has 1 N–H and O–H groups in total. The summed E-state index contributed by atoms with van der Waals surface area (Å²) in [6, 6.07) is 3.61. The van der Waals surface area contributed by atoms with Gasteiger partial charge in [-0.25, -0.2) is 4.98 Å². The van der Waals surface area contributed by atoms with Gasteiger partial charge in [-0.15, -0.1) is 5.10 Å². The van der Waals surface area contributed by atoms with Crippen molar-refractivity contribution in [3.63, 3.8) is 0 Å². The number of rotatable bonds is 1. The predicted molar refractivity (Wildman–Crippen MR) is 64.5 cm³/mol. The van der Waals surface area contributed by atoms with E-state index in [1.807, 2.05) is 13.0 Å². The molecular weight excluding hydrogens is 232 g/mol. The third kappa shape index (κ3) is 1.56. The van der Waals surface area contributed by atoms with Crippen molar-refractivity contribution in [3.05, 3.63) is 40.2 Å². The Labute approximate surface area is 102 Å². The number of nitrogens with zero attached hydrogens (tertiary/aromatic N) is 5. The van der Waals surface area contributed by atoms with Crippen molar-refractivity contribution in [3.8, 4) is 5.82 Å². The lowest BCUT2D eigenvalue weighted by molar-refractivity contribution is 0.815. The predicted octanol–water partition coefficient (Wildman–Crippen LogP) is 0.516. The highest BCUT2D eigenvalue weighted by atomic mass is 16.1. The molecule has 0 saturated carbocycles. The third-order valence-electron chi connectivity index (χ3n) is 2.56. The smallest absolute Gasteiger partial charge is 0.262 e. The van der Waals surface area contributed by atoms with Crippen LogP contribution >= 0.6 is 0 Å². The first-order chi connectivity index (χ1) is 8.65. The van der Waals surface area contributed by atoms with Gasteiger partial charge >= 0.3 is 0 Å². The van der Waals surface area contributed by atoms with Crippen LogP contribution in [0.4, 0.5) is 0 Å². The molecule has 7 heteroatoms. The summed E-state index contributed by atoms with van der Waals surface area (Å²) in [4.78, 5) is 18.6. The molecule has 18 heavy (non-hydrogen) atoms. The quantitative estimate of drug-likeness (QED) is 0.671. The number of hydrogen-bond acceptors (Lipinski definition) is 5. The fourth-order valence-electron chi connectivity index (χ4n) is 1.70. The monoisotopic (exact) mass is 242 g/mol. The number of H-pyrrole nitrogens is 1. The fourth-order valence-corrected chi connectivity index (χ4v) is 1.70. The normalized spacial score (nSPS) is 11.0. The highest BCUT2D eigenvalue weighted by molar-refractivity contribution is 5.74. The van der Waals surface area contributed by atoms with Crippen LogP contribution in [0.2, 0.25) is 0 Å². The van der Waals surface area contributed by atoms with Crippen molar-refractivity contribution in [2.75, 3.05) is 0 Å². The molecule has 0 unspecified atom stereocenters. The van der Waals surface area contributed by atoms with Crippen LogP contribution in [0, 0.1) is 13.8 Å². The second-order valence-electron chi connectivity index (χ2n) is 3.98. The van der Waals surface area contributed by atoms with E-state index in [1.54, 1.807) is 13.0 Å². The molecule has 0 aliphatic rings. The van der Waals surface area contributed by atoms with Crippen molar-refractivity contribution in [1.82, 2.24) is 29.9 Å². The summed E-state index contributed by atoms with van der Waals surface area (Å²) in [5.74, 6) is 1.07. The van der Waals surface area contributed by atoms with Gasteiger partial charge in [-0.3, -0.25) is 4.79 Å². The van der Waals surface area contributed by atoms with Crippen LogP contribution in [0.25, 0.3) is 16.9 Å². The summed E-state index contributed by atoms with van der Waals surface area (Å²) in [5.41, 5.74) is 1.09. The summed E-state index contributed by atoms with van der Waals surface area (Å²) >= 11 is 0. The molecule has 0 aliphatic heterocycles. The Bertz CT molecular complexity index is 770. The number of nitrogens with one attached hydrogen (secondary N) is 1. The molecule has 0 fully saturated rings. The molecular formula is C11H10N6O. The van der Waals surface area contributed by atoms with Crippen LogP contribution in [0.1, 0.15) is 11.5 Å². The van der Waals surface area contributed by atoms with E-state index in [1.165, 1.54) is 10.9 Å². The Hall–Kier alpha value is -2.57. The zero-order valence-corrected chi connectivity index (χ0v) is 9.88. The van der Waals surface area contributed by atoms with Crippen LogP contribution in [-0.2, 0) is 0 Å². The molecule has 0 atom stereocenters. The number of fused-ring (bicyclic) bond motifs is 1. The Balaban J connectivity index is 2.30. The molecule has 7 nitrogen and oxygen atoms in total. The molecule has 3 aromatic heterocycles. The van der Waals surface area contributed by atoms with Crippen LogP contribution in [0.3, 0.4) is 0 Å². The van der Waals surface area contributed by atoms with E-state index in [0.29, 0.717) is 22.7 Å². The minimum absolute atomic E-state index is 0.205. The molecule has 3 heterocycles. The molecule has 0 bridgehead atoms. The number of aryl methyl sites for hydroxylation is 2. The second-order valence-corrected chi connectivity index (χ2v) is 3.98. The molecule has 0 aromatic carbocycles. The van der Waals surface area contributed by atoms with Crippen molar-refractivity contribution in [2.45, 2.75) is 13.8 Å². The van der Waals surface area contributed by atoms with Crippen molar-refractivity contribution in [1.29, 1.82) is 0 Å². The highest BCUT2D eigenvalue weighted by Crippen LogP contribution is 2.11. The lowest BCUT2D eigenvalue weighted by atomic mass is 10.4. The van der Waals surface area contributed by atoms with Crippen LogP contribution in [0.5, 0.6) is 0 Å². The standard InChI is InChI=1S/C11H10N6O/c1-6-3-4-9(16-15-6)17-10-8(5-12-17)11(18)14-7(2)13-10/h3-5H,1-2H3,(H,13,14,18). The molecule has 0 saturated heterocycles. The van der Waals surface area contributed by atoms with Crippen LogP contribution < -0.4 is 5.56 Å². The molecule has 0 aliphatic carbocycles. The van der Waals surface area contributed by atoms with Gasteiger partial charge in [-0.05, 0) is 26.0 Å². The minimum Gasteiger partial charge on any atom is -0.310 e. The topological polar surface area (TPSA) is 89.4 Å². The minimum atomic E-state index is -0.205. The lowest BCUT2D eigenvalue weighted by Gasteiger charge is -2.01. The SMILES string of the molecule is Cc1ccc(-n2ncc3c(=O)[nH]c(C)nc32)nn1. The van der Waals surface area contributed by atoms with E-state index < -0.39 is 0 Å². The van der Waals surface area contributed by atoms with Crippen molar-refractivity contribution >= 4 is 11.0 Å². The van der Waals surface area contributed by atoms with Gasteiger partial charge in [0, 0.05) is 0 Å². The molecule has 0 spiro atoms. The Kier molecular flexibility index (Phi) is 2.19. The first-order valence-electron chi connectivity index (χ1n) is 5.40. The van der Waals surface area contributed by atoms with Gasteiger partial charge in [-0.2, -0.15) is 14.9 Å². The maximum absolute atomic E-state index is 11.7. The van der Waals surface area contributed by atoms with E-state index in [4.69, 9.17) is 0 Å². The van der Waals surface area contributed by atoms with E-state index in [9.17, 15) is 4.79 Å². The summed E-state index contributed by atoms with van der Waals surface area (Å²) in [6.45, 7) is 3.57. The third-order valence-corrected chi connectivity index (χ3v) is 2.56. The van der Waals surface area contributed by atoms with Gasteiger partial charge in [0.1, 0.15) is 11.2 Å². The molecule has 3 rings (SSSR count). The van der Waals surface area contributed by atoms with Gasteiger partial charge in [0.25, 0.3) is 5.56 Å². The summed E-state index contributed by atoms with van der Waals surface area (Å²) in [7, 11) is 0. The molecule has 0 amide bonds. The highest BCUT2D eigenvalue weighted by Gasteiger charge is 2.11. The maximum atomic E-state index is 11.7. The van der Waals surface area contributed by atoms with Gasteiger partial charge in [0.05, 0.1) is 11.9 Å². The van der Waals surface area contributed by atoms with Crippen molar-refractivity contribution in [2.24, 2.45) is 0 Å². The first kappa shape index (κ1) is 10.6. The van der Waals surface area contributed by atoms with E-state index in [-0.39, 0.29) is 5.56 Å². The molecule has 90 valence electrons.